The molecule has 0 saturated carbocycles. The molecule has 25 heavy (non-hydrogen) atoms. The molecule has 7 nitrogen and oxygen atoms in total. The van der Waals surface area contributed by atoms with Gasteiger partial charge in [0.2, 0.25) is 5.91 Å². The Bertz CT molecular complexity index is 614. The lowest BCUT2D eigenvalue weighted by Gasteiger charge is -2.30. The first-order chi connectivity index (χ1) is 12.0. The van der Waals surface area contributed by atoms with Crippen LogP contribution >= 0.6 is 11.6 Å². The van der Waals surface area contributed by atoms with Crippen LogP contribution in [0.4, 0.5) is 0 Å². The van der Waals surface area contributed by atoms with Crippen LogP contribution < -0.4 is 5.32 Å². The Kier molecular flexibility index (Phi) is 7.21. The Morgan fingerprint density at radius 1 is 1.24 bits per heavy atom. The number of esters is 1. The van der Waals surface area contributed by atoms with E-state index in [9.17, 15) is 14.4 Å². The van der Waals surface area contributed by atoms with Crippen LogP contribution in [0.1, 0.15) is 23.7 Å². The Hall–Kier alpha value is -2.12. The van der Waals surface area contributed by atoms with Crippen LogP contribution in [0.15, 0.2) is 24.3 Å². The average molecular weight is 369 g/mol. The van der Waals surface area contributed by atoms with Crippen LogP contribution in [-0.4, -0.2) is 61.6 Å². The number of rotatable bonds is 6. The van der Waals surface area contributed by atoms with Gasteiger partial charge in [-0.3, -0.25) is 14.4 Å². The number of hydrogen-bond donors (Lipinski definition) is 1. The maximum atomic E-state index is 12.7. The number of nitrogens with zero attached hydrogens (tertiary/aromatic N) is 1. The van der Waals surface area contributed by atoms with Crippen molar-refractivity contribution in [2.45, 2.75) is 19.4 Å². The monoisotopic (exact) mass is 368 g/mol. The fourth-order valence-electron chi connectivity index (χ4n) is 2.43. The second kappa shape index (κ2) is 9.39. The van der Waals surface area contributed by atoms with E-state index in [1.54, 1.807) is 36.1 Å². The SMILES string of the molecule is CCOC(=O)C[C@H](NC(=O)c1ccc(Cl)cc1)C(=O)N1CCOCC1. The van der Waals surface area contributed by atoms with E-state index in [4.69, 9.17) is 21.1 Å². The van der Waals surface area contributed by atoms with Gasteiger partial charge >= 0.3 is 5.97 Å². The fourth-order valence-corrected chi connectivity index (χ4v) is 2.56. The number of morpholine rings is 1. The molecule has 1 N–H and O–H groups in total. The molecule has 1 fully saturated rings. The van der Waals surface area contributed by atoms with Crippen LogP contribution in [0.3, 0.4) is 0 Å². The second-order valence-corrected chi connectivity index (χ2v) is 5.92. The summed E-state index contributed by atoms with van der Waals surface area (Å²) < 4.78 is 10.1. The minimum atomic E-state index is -0.986. The smallest absolute Gasteiger partial charge is 0.308 e. The highest BCUT2D eigenvalue weighted by molar-refractivity contribution is 6.30. The maximum absolute atomic E-state index is 12.7. The third-order valence-electron chi connectivity index (χ3n) is 3.71. The van der Waals surface area contributed by atoms with Gasteiger partial charge < -0.3 is 19.7 Å². The van der Waals surface area contributed by atoms with Crippen molar-refractivity contribution in [1.82, 2.24) is 10.2 Å². The molecule has 0 unspecified atom stereocenters. The number of halogens is 1. The molecule has 0 spiro atoms. The molecule has 136 valence electrons. The van der Waals surface area contributed by atoms with E-state index in [-0.39, 0.29) is 18.9 Å². The van der Waals surface area contributed by atoms with Gasteiger partial charge in [-0.1, -0.05) is 11.6 Å². The second-order valence-electron chi connectivity index (χ2n) is 5.48. The van der Waals surface area contributed by atoms with Gasteiger partial charge in [0.1, 0.15) is 6.04 Å². The summed E-state index contributed by atoms with van der Waals surface area (Å²) >= 11 is 5.81. The Labute approximate surface area is 151 Å². The first-order valence-corrected chi connectivity index (χ1v) is 8.47. The molecule has 0 aromatic heterocycles. The average Bonchev–Trinajstić information content (AvgIpc) is 2.62. The summed E-state index contributed by atoms with van der Waals surface area (Å²) in [5, 5.41) is 3.13. The molecule has 0 aliphatic carbocycles. The normalized spacial score (nSPS) is 15.4. The van der Waals surface area contributed by atoms with Crippen LogP contribution in [0.25, 0.3) is 0 Å². The van der Waals surface area contributed by atoms with Crippen molar-refractivity contribution in [2.24, 2.45) is 0 Å². The van der Waals surface area contributed by atoms with E-state index < -0.39 is 17.9 Å². The van der Waals surface area contributed by atoms with Crippen LogP contribution in [0.2, 0.25) is 5.02 Å². The molecule has 1 saturated heterocycles. The molecule has 1 aromatic rings. The molecule has 0 radical (unpaired) electrons. The summed E-state index contributed by atoms with van der Waals surface area (Å²) in [5.41, 5.74) is 0.355. The van der Waals surface area contributed by atoms with Crippen LogP contribution in [0, 0.1) is 0 Å². The van der Waals surface area contributed by atoms with Crippen LogP contribution in [0.5, 0.6) is 0 Å². The number of nitrogens with one attached hydrogen (secondary N) is 1. The zero-order valence-corrected chi connectivity index (χ0v) is 14.8. The lowest BCUT2D eigenvalue weighted by Crippen LogP contribution is -2.52. The van der Waals surface area contributed by atoms with Crippen molar-refractivity contribution in [2.75, 3.05) is 32.9 Å². The van der Waals surface area contributed by atoms with Gasteiger partial charge in [-0.05, 0) is 31.2 Å². The topological polar surface area (TPSA) is 84.9 Å². The maximum Gasteiger partial charge on any atom is 0.308 e. The third kappa shape index (κ3) is 5.72. The molecule has 1 aliphatic rings. The molecule has 1 aliphatic heterocycles. The zero-order valence-electron chi connectivity index (χ0n) is 14.0. The number of carbonyl (C=O) groups is 3. The highest BCUT2D eigenvalue weighted by Gasteiger charge is 2.30. The van der Waals surface area contributed by atoms with E-state index in [0.29, 0.717) is 36.9 Å². The minimum absolute atomic E-state index is 0.211. The largest absolute Gasteiger partial charge is 0.466 e. The Balaban J connectivity index is 2.09. The lowest BCUT2D eigenvalue weighted by atomic mass is 10.1. The van der Waals surface area contributed by atoms with Crippen molar-refractivity contribution in [3.8, 4) is 0 Å². The summed E-state index contributed by atoms with van der Waals surface area (Å²) in [6, 6.07) is 5.29. The number of carbonyl (C=O) groups excluding carboxylic acids is 3. The van der Waals surface area contributed by atoms with Crippen LogP contribution in [-0.2, 0) is 19.1 Å². The van der Waals surface area contributed by atoms with E-state index >= 15 is 0 Å². The summed E-state index contributed by atoms with van der Waals surface area (Å²) in [6.07, 6.45) is -0.219. The van der Waals surface area contributed by atoms with E-state index in [1.165, 1.54) is 0 Å². The first kappa shape index (κ1) is 19.2. The summed E-state index contributed by atoms with van der Waals surface area (Å²) in [7, 11) is 0. The van der Waals surface area contributed by atoms with E-state index in [2.05, 4.69) is 5.32 Å². The third-order valence-corrected chi connectivity index (χ3v) is 3.96. The first-order valence-electron chi connectivity index (χ1n) is 8.10. The summed E-state index contributed by atoms with van der Waals surface area (Å²) in [6.45, 7) is 3.61. The lowest BCUT2D eigenvalue weighted by molar-refractivity contribution is -0.148. The quantitative estimate of drug-likeness (QED) is 0.764. The predicted octanol–water partition coefficient (Wildman–Crippen LogP) is 1.25. The number of ether oxygens (including phenoxy) is 2. The van der Waals surface area contributed by atoms with Gasteiger partial charge in [0.15, 0.2) is 0 Å². The molecule has 2 amide bonds. The molecular weight excluding hydrogens is 348 g/mol. The highest BCUT2D eigenvalue weighted by Crippen LogP contribution is 2.11. The highest BCUT2D eigenvalue weighted by atomic mass is 35.5. The summed E-state index contributed by atoms with van der Waals surface area (Å²) in [4.78, 5) is 38.5. The molecular formula is C17H21ClN2O5. The molecule has 1 atom stereocenters. The number of hydrogen-bond acceptors (Lipinski definition) is 5. The number of amides is 2. The Morgan fingerprint density at radius 3 is 2.48 bits per heavy atom. The molecule has 8 heteroatoms. The zero-order chi connectivity index (χ0) is 18.2. The minimum Gasteiger partial charge on any atom is -0.466 e. The van der Waals surface area contributed by atoms with Crippen molar-refractivity contribution in [1.29, 1.82) is 0 Å². The van der Waals surface area contributed by atoms with Crippen molar-refractivity contribution in [3.63, 3.8) is 0 Å². The fraction of sp³-hybridized carbons (Fsp3) is 0.471. The van der Waals surface area contributed by atoms with Gasteiger partial charge in [-0.2, -0.15) is 0 Å². The van der Waals surface area contributed by atoms with Gasteiger partial charge in [0, 0.05) is 23.7 Å². The summed E-state index contributed by atoms with van der Waals surface area (Å²) in [5.74, 6) is -1.31. The predicted molar refractivity (Wildman–Crippen MR) is 91.4 cm³/mol. The van der Waals surface area contributed by atoms with Gasteiger partial charge in [0.25, 0.3) is 5.91 Å². The molecule has 1 aromatic carbocycles. The van der Waals surface area contributed by atoms with E-state index in [0.717, 1.165) is 0 Å². The Morgan fingerprint density at radius 2 is 1.88 bits per heavy atom. The molecule has 0 bridgehead atoms. The van der Waals surface area contributed by atoms with Crippen molar-refractivity contribution in [3.05, 3.63) is 34.9 Å². The van der Waals surface area contributed by atoms with Gasteiger partial charge in [-0.15, -0.1) is 0 Å². The van der Waals surface area contributed by atoms with Gasteiger partial charge in [-0.25, -0.2) is 0 Å². The standard InChI is InChI=1S/C17H21ClN2O5/c1-2-25-15(21)11-14(17(23)20-7-9-24-10-8-20)19-16(22)12-3-5-13(18)6-4-12/h3-6,14H,2,7-11H2,1H3,(H,19,22)/t14-/m0/s1. The van der Waals surface area contributed by atoms with Crippen molar-refractivity contribution >= 4 is 29.4 Å². The van der Waals surface area contributed by atoms with E-state index in [1.807, 2.05) is 0 Å². The molecule has 1 heterocycles. The number of benzene rings is 1. The van der Waals surface area contributed by atoms with Gasteiger partial charge in [0.05, 0.1) is 26.2 Å². The van der Waals surface area contributed by atoms with Crippen molar-refractivity contribution < 1.29 is 23.9 Å². The molecule has 2 rings (SSSR count).